The molecule has 0 aliphatic carbocycles. The van der Waals surface area contributed by atoms with E-state index in [1.807, 2.05) is 0 Å². The van der Waals surface area contributed by atoms with Crippen LogP contribution in [-0.4, -0.2) is 35.5 Å². The van der Waals surface area contributed by atoms with Crippen molar-refractivity contribution in [2.75, 3.05) is 0 Å². The predicted molar refractivity (Wildman–Crippen MR) is 41.2 cm³/mol. The molecule has 0 saturated heterocycles. The summed E-state index contributed by atoms with van der Waals surface area (Å²) in [5.74, 6) is -24.9. The fraction of sp³-hybridized carbons (Fsp3) is 0.750. The average Bonchev–Trinajstić information content (AvgIpc) is 2.13. The monoisotopic (exact) mass is 411 g/mol. The van der Waals surface area contributed by atoms with Crippen molar-refractivity contribution in [1.29, 1.82) is 0 Å². The number of hydrogen-bond donors (Lipinski definition) is 0. The van der Waals surface area contributed by atoms with Crippen LogP contribution in [0, 0.1) is 0 Å². The van der Waals surface area contributed by atoms with Gasteiger partial charge in [-0.1, -0.05) is 0 Å². The van der Waals surface area contributed by atoms with E-state index in [-0.39, 0.29) is 22.4 Å². The SMILES string of the molecule is CC(=O)CC(=O)C(F)(F)C(F)(F)C(F)(F)C(F)(F)F.[Ag+]. The maximum Gasteiger partial charge on any atom is 1.00 e. The summed E-state index contributed by atoms with van der Waals surface area (Å²) in [4.78, 5) is 20.8. The first-order valence-corrected chi connectivity index (χ1v) is 4.32. The Balaban J connectivity index is 0. The van der Waals surface area contributed by atoms with Crippen LogP contribution in [0.4, 0.5) is 39.5 Å². The largest absolute Gasteiger partial charge is 1.00 e. The molecule has 20 heavy (non-hydrogen) atoms. The predicted octanol–water partition coefficient (Wildman–Crippen LogP) is 3.00. The van der Waals surface area contributed by atoms with Gasteiger partial charge >= 0.3 is 46.3 Å². The fourth-order valence-electron chi connectivity index (χ4n) is 0.887. The summed E-state index contributed by atoms with van der Waals surface area (Å²) in [6, 6.07) is 0. The smallest absolute Gasteiger partial charge is 0.300 e. The molecular formula is C8H5AgF9O2+. The second-order valence-electron chi connectivity index (χ2n) is 3.52. The summed E-state index contributed by atoms with van der Waals surface area (Å²) >= 11 is 0. The first kappa shape index (κ1) is 21.7. The first-order valence-electron chi connectivity index (χ1n) is 4.32. The number of carbonyl (C=O) groups excluding carboxylic acids is 2. The summed E-state index contributed by atoms with van der Waals surface area (Å²) in [6.07, 6.45) is -8.88. The van der Waals surface area contributed by atoms with E-state index in [1.54, 1.807) is 0 Å². The third-order valence-corrected chi connectivity index (χ3v) is 1.90. The Hall–Kier alpha value is -0.550. The minimum Gasteiger partial charge on any atom is -0.300 e. The van der Waals surface area contributed by atoms with Crippen LogP contribution in [0.2, 0.25) is 0 Å². The van der Waals surface area contributed by atoms with E-state index in [9.17, 15) is 49.1 Å². The molecule has 0 unspecified atom stereocenters. The molecule has 12 heteroatoms. The molecule has 0 aliphatic rings. The Kier molecular flexibility index (Phi) is 6.59. The molecule has 0 aromatic carbocycles. The molecule has 0 fully saturated rings. The number of alkyl halides is 9. The molecule has 0 aromatic rings. The molecule has 0 rings (SSSR count). The van der Waals surface area contributed by atoms with E-state index in [0.29, 0.717) is 6.92 Å². The van der Waals surface area contributed by atoms with E-state index in [1.165, 1.54) is 0 Å². The van der Waals surface area contributed by atoms with Gasteiger partial charge in [-0.25, -0.2) is 0 Å². The van der Waals surface area contributed by atoms with Gasteiger partial charge in [-0.15, -0.1) is 0 Å². The van der Waals surface area contributed by atoms with Gasteiger partial charge in [-0.05, 0) is 6.92 Å². The molecule has 0 amide bonds. The molecule has 0 heterocycles. The van der Waals surface area contributed by atoms with Gasteiger partial charge < -0.3 is 0 Å². The number of hydrogen-bond acceptors (Lipinski definition) is 2. The number of halogens is 9. The zero-order chi connectivity index (χ0) is 15.9. The zero-order valence-electron chi connectivity index (χ0n) is 9.23. The van der Waals surface area contributed by atoms with Crippen LogP contribution in [0.5, 0.6) is 0 Å². The molecule has 0 spiro atoms. The molecular weight excluding hydrogens is 407 g/mol. The molecule has 0 aliphatic heterocycles. The summed E-state index contributed by atoms with van der Waals surface area (Å²) in [7, 11) is 0. The number of Topliss-reactive ketones (excluding diaryl/α,β-unsaturated/α-hetero) is 2. The van der Waals surface area contributed by atoms with Crippen molar-refractivity contribution in [3.8, 4) is 0 Å². The van der Waals surface area contributed by atoms with Gasteiger partial charge in [-0.2, -0.15) is 39.5 Å². The fourth-order valence-corrected chi connectivity index (χ4v) is 0.887. The Bertz CT molecular complexity index is 388. The average molecular weight is 412 g/mol. The van der Waals surface area contributed by atoms with Gasteiger partial charge in [0.2, 0.25) is 5.78 Å². The molecule has 0 radical (unpaired) electrons. The Labute approximate surface area is 121 Å². The number of carbonyl (C=O) groups is 2. The first-order chi connectivity index (χ1) is 8.09. The second kappa shape index (κ2) is 6.06. The Morgan fingerprint density at radius 1 is 0.800 bits per heavy atom. The molecule has 0 N–H and O–H groups in total. The van der Waals surface area contributed by atoms with Crippen LogP contribution in [0.3, 0.4) is 0 Å². The van der Waals surface area contributed by atoms with Crippen molar-refractivity contribution >= 4 is 11.6 Å². The van der Waals surface area contributed by atoms with E-state index in [0.717, 1.165) is 0 Å². The summed E-state index contributed by atoms with van der Waals surface area (Å²) in [5, 5.41) is 0. The second-order valence-corrected chi connectivity index (χ2v) is 3.52. The van der Waals surface area contributed by atoms with Crippen LogP contribution in [0.25, 0.3) is 0 Å². The number of rotatable bonds is 5. The Morgan fingerprint density at radius 2 is 1.15 bits per heavy atom. The van der Waals surface area contributed by atoms with Crippen molar-refractivity contribution in [2.45, 2.75) is 37.3 Å². The minimum absolute atomic E-state index is 0. The zero-order valence-corrected chi connectivity index (χ0v) is 10.7. The van der Waals surface area contributed by atoms with Crippen molar-refractivity contribution in [3.63, 3.8) is 0 Å². The standard InChI is InChI=1S/C8H5F9O2.Ag/c1-3(18)2-4(19)5(9,10)6(11,12)7(13,14)8(15,16)17;/h2H2,1H3;/q;+1. The van der Waals surface area contributed by atoms with Crippen LogP contribution in [0.15, 0.2) is 0 Å². The van der Waals surface area contributed by atoms with Gasteiger partial charge in [0.25, 0.3) is 0 Å². The topological polar surface area (TPSA) is 34.1 Å². The summed E-state index contributed by atoms with van der Waals surface area (Å²) in [5.41, 5.74) is 0. The Morgan fingerprint density at radius 3 is 1.40 bits per heavy atom. The molecule has 0 saturated carbocycles. The third kappa shape index (κ3) is 3.55. The van der Waals surface area contributed by atoms with Crippen LogP contribution in [0.1, 0.15) is 13.3 Å². The van der Waals surface area contributed by atoms with E-state index in [2.05, 4.69) is 0 Å². The normalized spacial score (nSPS) is 13.7. The van der Waals surface area contributed by atoms with Crippen molar-refractivity contribution in [1.82, 2.24) is 0 Å². The van der Waals surface area contributed by atoms with Gasteiger partial charge in [-0.3, -0.25) is 9.59 Å². The maximum absolute atomic E-state index is 12.7. The van der Waals surface area contributed by atoms with Gasteiger partial charge in [0.1, 0.15) is 5.78 Å². The number of ketones is 2. The van der Waals surface area contributed by atoms with E-state index < -0.39 is 41.9 Å². The van der Waals surface area contributed by atoms with Gasteiger partial charge in [0.15, 0.2) is 0 Å². The molecule has 122 valence electrons. The van der Waals surface area contributed by atoms with Gasteiger partial charge in [0, 0.05) is 0 Å². The van der Waals surface area contributed by atoms with E-state index in [4.69, 9.17) is 0 Å². The quantitative estimate of drug-likeness (QED) is 0.396. The summed E-state index contributed by atoms with van der Waals surface area (Å²) in [6.45, 7) is 0.494. The summed E-state index contributed by atoms with van der Waals surface area (Å²) < 4.78 is 110. The van der Waals surface area contributed by atoms with Crippen molar-refractivity contribution in [2.24, 2.45) is 0 Å². The van der Waals surface area contributed by atoms with E-state index >= 15 is 0 Å². The van der Waals surface area contributed by atoms with Crippen molar-refractivity contribution < 1.29 is 71.5 Å². The van der Waals surface area contributed by atoms with Crippen LogP contribution < -0.4 is 0 Å². The molecule has 2 nitrogen and oxygen atoms in total. The maximum atomic E-state index is 12.7. The molecule has 0 aromatic heterocycles. The minimum atomic E-state index is -7.13. The van der Waals surface area contributed by atoms with Crippen molar-refractivity contribution in [3.05, 3.63) is 0 Å². The van der Waals surface area contributed by atoms with Gasteiger partial charge in [0.05, 0.1) is 6.42 Å². The molecule has 0 bridgehead atoms. The third-order valence-electron chi connectivity index (χ3n) is 1.90. The van der Waals surface area contributed by atoms with Crippen LogP contribution >= 0.6 is 0 Å². The van der Waals surface area contributed by atoms with Crippen LogP contribution in [-0.2, 0) is 32.0 Å². The molecule has 0 atom stereocenters.